The Morgan fingerprint density at radius 1 is 0.840 bits per heavy atom. The average Bonchev–Trinajstić information content (AvgIpc) is 2.60. The first-order chi connectivity index (χ1) is 11.9. The molecule has 0 atom stereocenters. The molecule has 130 valence electrons. The third-order valence-electron chi connectivity index (χ3n) is 3.21. The quantitative estimate of drug-likeness (QED) is 0.617. The van der Waals surface area contributed by atoms with Crippen molar-refractivity contribution in [2.45, 2.75) is 12.8 Å². The number of carbonyl (C=O) groups is 3. The second-order valence-corrected chi connectivity index (χ2v) is 5.15. The van der Waals surface area contributed by atoms with Crippen LogP contribution in [0.3, 0.4) is 0 Å². The number of anilines is 1. The number of rotatable bonds is 7. The smallest absolute Gasteiger partial charge is 0.306 e. The Bertz CT molecular complexity index is 758. The summed E-state index contributed by atoms with van der Waals surface area (Å²) >= 11 is 0. The van der Waals surface area contributed by atoms with Crippen LogP contribution in [-0.4, -0.2) is 24.3 Å². The van der Waals surface area contributed by atoms with Crippen molar-refractivity contribution in [3.05, 3.63) is 65.7 Å². The lowest BCUT2D eigenvalue weighted by Crippen LogP contribution is -2.17. The molecule has 1 N–H and O–H groups in total. The topological polar surface area (TPSA) is 72.5 Å². The molecule has 0 bridgehead atoms. The SMILES string of the molecule is O=C(CCC(=O)OCC(=O)c1ccc(F)cc1)Nc1ccc(F)cc1. The molecule has 0 saturated heterocycles. The summed E-state index contributed by atoms with van der Waals surface area (Å²) in [6.07, 6.45) is -0.343. The fourth-order valence-corrected chi connectivity index (χ4v) is 1.91. The molecule has 1 amide bonds. The molecule has 5 nitrogen and oxygen atoms in total. The van der Waals surface area contributed by atoms with Crippen molar-refractivity contribution in [1.82, 2.24) is 0 Å². The summed E-state index contributed by atoms with van der Waals surface area (Å²) in [5.74, 6) is -2.50. The molecule has 0 aliphatic carbocycles. The molecule has 0 radical (unpaired) electrons. The van der Waals surface area contributed by atoms with E-state index < -0.39 is 35.9 Å². The zero-order valence-corrected chi connectivity index (χ0v) is 13.1. The van der Waals surface area contributed by atoms with Gasteiger partial charge in [-0.25, -0.2) is 8.78 Å². The normalized spacial score (nSPS) is 10.2. The standard InChI is InChI=1S/C18H15F2NO4/c19-13-3-1-12(2-4-13)16(22)11-25-18(24)10-9-17(23)21-15-7-5-14(20)6-8-15/h1-8H,9-11H2,(H,21,23). The highest BCUT2D eigenvalue weighted by Gasteiger charge is 2.12. The van der Waals surface area contributed by atoms with Gasteiger partial charge in [0.25, 0.3) is 0 Å². The van der Waals surface area contributed by atoms with Gasteiger partial charge in [-0.3, -0.25) is 14.4 Å². The predicted octanol–water partition coefficient (Wildman–Crippen LogP) is 3.11. The van der Waals surface area contributed by atoms with Crippen molar-refractivity contribution in [2.75, 3.05) is 11.9 Å². The minimum Gasteiger partial charge on any atom is -0.457 e. The summed E-state index contributed by atoms with van der Waals surface area (Å²) < 4.78 is 30.3. The van der Waals surface area contributed by atoms with Crippen LogP contribution in [0.25, 0.3) is 0 Å². The summed E-state index contributed by atoms with van der Waals surface area (Å²) in [6.45, 7) is -0.482. The molecule has 0 aliphatic heterocycles. The zero-order valence-electron chi connectivity index (χ0n) is 13.1. The van der Waals surface area contributed by atoms with E-state index in [1.165, 1.54) is 36.4 Å². The maximum Gasteiger partial charge on any atom is 0.306 e. The lowest BCUT2D eigenvalue weighted by molar-refractivity contribution is -0.143. The van der Waals surface area contributed by atoms with Crippen LogP contribution in [0.1, 0.15) is 23.2 Å². The third-order valence-corrected chi connectivity index (χ3v) is 3.21. The minimum atomic E-state index is -0.704. The molecule has 0 heterocycles. The Morgan fingerprint density at radius 2 is 1.40 bits per heavy atom. The molecule has 0 unspecified atom stereocenters. The van der Waals surface area contributed by atoms with Crippen molar-refractivity contribution in [2.24, 2.45) is 0 Å². The molecular weight excluding hydrogens is 332 g/mol. The van der Waals surface area contributed by atoms with Crippen LogP contribution in [0.4, 0.5) is 14.5 Å². The van der Waals surface area contributed by atoms with Gasteiger partial charge in [0.2, 0.25) is 5.91 Å². The van der Waals surface area contributed by atoms with Gasteiger partial charge in [-0.15, -0.1) is 0 Å². The molecule has 0 spiro atoms. The lowest BCUT2D eigenvalue weighted by Gasteiger charge is -2.06. The first-order valence-electron chi connectivity index (χ1n) is 7.44. The van der Waals surface area contributed by atoms with Crippen molar-refractivity contribution < 1.29 is 27.9 Å². The Labute approximate surface area is 142 Å². The fourth-order valence-electron chi connectivity index (χ4n) is 1.91. The monoisotopic (exact) mass is 347 g/mol. The van der Waals surface area contributed by atoms with E-state index in [2.05, 4.69) is 5.32 Å². The molecular formula is C18H15F2NO4. The van der Waals surface area contributed by atoms with E-state index in [1.807, 2.05) is 0 Å². The molecule has 7 heteroatoms. The predicted molar refractivity (Wildman–Crippen MR) is 86.0 cm³/mol. The second-order valence-electron chi connectivity index (χ2n) is 5.15. The van der Waals surface area contributed by atoms with E-state index in [1.54, 1.807) is 0 Å². The highest BCUT2D eigenvalue weighted by Crippen LogP contribution is 2.09. The molecule has 0 saturated carbocycles. The number of ether oxygens (including phenoxy) is 1. The number of halogens is 2. The van der Waals surface area contributed by atoms with E-state index in [0.717, 1.165) is 12.1 Å². The van der Waals surface area contributed by atoms with E-state index in [-0.39, 0.29) is 18.4 Å². The summed E-state index contributed by atoms with van der Waals surface area (Å²) in [5.41, 5.74) is 0.634. The summed E-state index contributed by atoms with van der Waals surface area (Å²) in [4.78, 5) is 35.0. The number of hydrogen-bond acceptors (Lipinski definition) is 4. The Hall–Kier alpha value is -3.09. The molecule has 2 aromatic carbocycles. The van der Waals surface area contributed by atoms with Crippen LogP contribution in [0.5, 0.6) is 0 Å². The zero-order chi connectivity index (χ0) is 18.2. The lowest BCUT2D eigenvalue weighted by atomic mass is 10.1. The van der Waals surface area contributed by atoms with Gasteiger partial charge in [-0.2, -0.15) is 0 Å². The van der Waals surface area contributed by atoms with E-state index in [9.17, 15) is 23.2 Å². The second kappa shape index (κ2) is 8.68. The van der Waals surface area contributed by atoms with Gasteiger partial charge in [-0.1, -0.05) is 0 Å². The van der Waals surface area contributed by atoms with Crippen LogP contribution in [0, 0.1) is 11.6 Å². The summed E-state index contributed by atoms with van der Waals surface area (Å²) in [7, 11) is 0. The number of Topliss-reactive ketones (excluding diaryl/α,β-unsaturated/α-hetero) is 1. The Balaban J connectivity index is 1.71. The molecule has 2 aromatic rings. The number of hydrogen-bond donors (Lipinski definition) is 1. The molecule has 25 heavy (non-hydrogen) atoms. The van der Waals surface area contributed by atoms with Crippen LogP contribution in [-0.2, 0) is 14.3 Å². The van der Waals surface area contributed by atoms with Gasteiger partial charge in [0.05, 0.1) is 6.42 Å². The average molecular weight is 347 g/mol. The van der Waals surface area contributed by atoms with Crippen molar-refractivity contribution in [3.8, 4) is 0 Å². The first kappa shape index (κ1) is 18.3. The van der Waals surface area contributed by atoms with Gasteiger partial charge in [0, 0.05) is 17.7 Å². The van der Waals surface area contributed by atoms with Gasteiger partial charge < -0.3 is 10.1 Å². The summed E-state index contributed by atoms with van der Waals surface area (Å²) in [6, 6.07) is 10.0. The third kappa shape index (κ3) is 6.14. The number of amides is 1. The molecule has 0 aliphatic rings. The number of esters is 1. The Kier molecular flexibility index (Phi) is 6.33. The van der Waals surface area contributed by atoms with Gasteiger partial charge in [-0.05, 0) is 48.5 Å². The van der Waals surface area contributed by atoms with Crippen LogP contribution in [0.15, 0.2) is 48.5 Å². The van der Waals surface area contributed by atoms with Crippen molar-refractivity contribution in [1.29, 1.82) is 0 Å². The number of benzene rings is 2. The van der Waals surface area contributed by atoms with Gasteiger partial charge in [0.1, 0.15) is 11.6 Å². The van der Waals surface area contributed by atoms with Gasteiger partial charge in [0.15, 0.2) is 12.4 Å². The van der Waals surface area contributed by atoms with Crippen molar-refractivity contribution in [3.63, 3.8) is 0 Å². The fraction of sp³-hybridized carbons (Fsp3) is 0.167. The number of ketones is 1. The van der Waals surface area contributed by atoms with Crippen molar-refractivity contribution >= 4 is 23.3 Å². The first-order valence-corrected chi connectivity index (χ1v) is 7.44. The van der Waals surface area contributed by atoms with Crippen LogP contribution in [0.2, 0.25) is 0 Å². The van der Waals surface area contributed by atoms with E-state index in [0.29, 0.717) is 5.69 Å². The number of carbonyl (C=O) groups excluding carboxylic acids is 3. The highest BCUT2D eigenvalue weighted by atomic mass is 19.1. The largest absolute Gasteiger partial charge is 0.457 e. The van der Waals surface area contributed by atoms with Crippen LogP contribution < -0.4 is 5.32 Å². The number of nitrogens with one attached hydrogen (secondary N) is 1. The maximum atomic E-state index is 12.8. The molecule has 0 fully saturated rings. The Morgan fingerprint density at radius 3 is 2.00 bits per heavy atom. The maximum absolute atomic E-state index is 12.8. The van der Waals surface area contributed by atoms with Crippen LogP contribution >= 0.6 is 0 Å². The summed E-state index contributed by atoms with van der Waals surface area (Å²) in [5, 5.41) is 2.50. The van der Waals surface area contributed by atoms with E-state index in [4.69, 9.17) is 4.74 Å². The minimum absolute atomic E-state index is 0.138. The highest BCUT2D eigenvalue weighted by molar-refractivity contribution is 5.98. The van der Waals surface area contributed by atoms with Gasteiger partial charge >= 0.3 is 5.97 Å². The molecule has 2 rings (SSSR count). The van der Waals surface area contributed by atoms with E-state index >= 15 is 0 Å². The molecule has 0 aromatic heterocycles.